The van der Waals surface area contributed by atoms with Crippen LogP contribution in [0.1, 0.15) is 20.3 Å². The quantitative estimate of drug-likeness (QED) is 0.195. The summed E-state index contributed by atoms with van der Waals surface area (Å²) in [5, 5.41) is -6.06. The molecule has 0 saturated heterocycles. The number of ketones is 1. The van der Waals surface area contributed by atoms with Gasteiger partial charge >= 0.3 is 39.2 Å². The molecular weight excluding hydrogens is 421 g/mol. The molecule has 0 aliphatic heterocycles. The van der Waals surface area contributed by atoms with Crippen molar-refractivity contribution in [3.05, 3.63) is 12.2 Å². The second kappa shape index (κ2) is 7.71. The number of hydrogen-bond acceptors (Lipinski definition) is 6. The number of alkyl halides is 7. The third-order valence-corrected chi connectivity index (χ3v) is 3.84. The van der Waals surface area contributed by atoms with Gasteiger partial charge in [0.1, 0.15) is 0 Å². The molecule has 0 rings (SSSR count). The highest BCUT2D eigenvalue weighted by Gasteiger charge is 2.67. The Kier molecular flexibility index (Phi) is 7.21. The Morgan fingerprint density at radius 1 is 1.04 bits per heavy atom. The third kappa shape index (κ3) is 5.16. The van der Waals surface area contributed by atoms with Crippen LogP contribution in [-0.4, -0.2) is 54.5 Å². The zero-order valence-electron chi connectivity index (χ0n) is 13.6. The molecule has 7 nitrogen and oxygen atoms in total. The first kappa shape index (κ1) is 25.3. The maximum absolute atomic E-state index is 13.3. The van der Waals surface area contributed by atoms with Crippen LogP contribution in [0.25, 0.3) is 0 Å². The molecule has 15 heteroatoms. The lowest BCUT2D eigenvalue weighted by molar-refractivity contribution is -0.348. The SMILES string of the molecule is C=C(C)C(=O)OC(OCCC(F)(F)C(F)(F)S(=O)(=O)O)(C(C)=O)C(F)(F)F. The number of carbonyl (C=O) groups excluding carboxylic acids is 2. The van der Waals surface area contributed by atoms with Crippen molar-refractivity contribution in [3.63, 3.8) is 0 Å². The molecular formula is C12H13F7O7S. The summed E-state index contributed by atoms with van der Waals surface area (Å²) in [5.41, 5.74) is -0.642. The van der Waals surface area contributed by atoms with Gasteiger partial charge in [-0.15, -0.1) is 0 Å². The topological polar surface area (TPSA) is 107 Å². The molecule has 0 heterocycles. The van der Waals surface area contributed by atoms with Crippen molar-refractivity contribution in [1.82, 2.24) is 0 Å². The Hall–Kier alpha value is -1.74. The van der Waals surface area contributed by atoms with Gasteiger partial charge < -0.3 is 9.47 Å². The molecule has 0 saturated carbocycles. The normalized spacial score (nSPS) is 15.8. The van der Waals surface area contributed by atoms with Gasteiger partial charge in [0.05, 0.1) is 6.61 Å². The van der Waals surface area contributed by atoms with Crippen LogP contribution in [-0.2, 0) is 29.2 Å². The monoisotopic (exact) mass is 434 g/mol. The molecule has 0 fully saturated rings. The summed E-state index contributed by atoms with van der Waals surface area (Å²) in [6.45, 7) is 2.02. The van der Waals surface area contributed by atoms with Crippen molar-refractivity contribution < 1.29 is 62.8 Å². The second-order valence-corrected chi connectivity index (χ2v) is 6.60. The van der Waals surface area contributed by atoms with Gasteiger partial charge in [0.2, 0.25) is 5.78 Å². The van der Waals surface area contributed by atoms with E-state index >= 15 is 0 Å². The van der Waals surface area contributed by atoms with Crippen LogP contribution in [0.3, 0.4) is 0 Å². The summed E-state index contributed by atoms with van der Waals surface area (Å²) >= 11 is 0. The van der Waals surface area contributed by atoms with Crippen LogP contribution in [0.2, 0.25) is 0 Å². The van der Waals surface area contributed by atoms with Crippen molar-refractivity contribution in [1.29, 1.82) is 0 Å². The largest absolute Gasteiger partial charge is 0.463 e. The number of rotatable bonds is 9. The van der Waals surface area contributed by atoms with Gasteiger partial charge in [0.15, 0.2) is 0 Å². The van der Waals surface area contributed by atoms with Crippen molar-refractivity contribution in [2.45, 2.75) is 43.4 Å². The van der Waals surface area contributed by atoms with Crippen molar-refractivity contribution in [2.24, 2.45) is 0 Å². The van der Waals surface area contributed by atoms with Crippen molar-refractivity contribution in [3.8, 4) is 0 Å². The number of esters is 1. The first-order chi connectivity index (χ1) is 11.7. The van der Waals surface area contributed by atoms with Crippen LogP contribution >= 0.6 is 0 Å². The molecule has 1 N–H and O–H groups in total. The average molecular weight is 434 g/mol. The first-order valence-corrected chi connectivity index (χ1v) is 8.00. The summed E-state index contributed by atoms with van der Waals surface area (Å²) in [6, 6.07) is 0. The lowest BCUT2D eigenvalue weighted by Crippen LogP contribution is -2.57. The van der Waals surface area contributed by atoms with Gasteiger partial charge in [-0.1, -0.05) is 6.58 Å². The predicted molar refractivity (Wildman–Crippen MR) is 72.4 cm³/mol. The number of carbonyl (C=O) groups is 2. The average Bonchev–Trinajstić information content (AvgIpc) is 2.42. The molecule has 0 spiro atoms. The third-order valence-electron chi connectivity index (χ3n) is 2.89. The highest BCUT2D eigenvalue weighted by Crippen LogP contribution is 2.42. The van der Waals surface area contributed by atoms with Gasteiger partial charge in [-0.05, 0) is 6.92 Å². The maximum Gasteiger partial charge on any atom is 0.463 e. The van der Waals surface area contributed by atoms with E-state index in [4.69, 9.17) is 4.55 Å². The summed E-state index contributed by atoms with van der Waals surface area (Å²) in [4.78, 5) is 22.7. The molecule has 0 radical (unpaired) electrons. The van der Waals surface area contributed by atoms with Crippen LogP contribution in [0.5, 0.6) is 0 Å². The number of hydrogen-bond donors (Lipinski definition) is 1. The van der Waals surface area contributed by atoms with E-state index in [9.17, 15) is 48.7 Å². The van der Waals surface area contributed by atoms with Crippen LogP contribution in [0, 0.1) is 0 Å². The van der Waals surface area contributed by atoms with E-state index in [1.807, 2.05) is 0 Å². The lowest BCUT2D eigenvalue weighted by Gasteiger charge is -2.33. The Bertz CT molecular complexity index is 714. The van der Waals surface area contributed by atoms with Gasteiger partial charge in [0.25, 0.3) is 0 Å². The molecule has 158 valence electrons. The summed E-state index contributed by atoms with van der Waals surface area (Å²) in [6.07, 6.45) is -8.21. The Morgan fingerprint density at radius 3 is 1.78 bits per heavy atom. The van der Waals surface area contributed by atoms with Crippen LogP contribution in [0.15, 0.2) is 12.2 Å². The second-order valence-electron chi connectivity index (χ2n) is 5.14. The zero-order valence-corrected chi connectivity index (χ0v) is 14.4. The number of ether oxygens (including phenoxy) is 2. The standard InChI is InChI=1S/C12H13F7O7S/c1-6(2)8(21)26-10(7(3)20,11(15,16)17)25-5-4-9(13,14)12(18,19)27(22,23)24/h1,4-5H2,2-3H3,(H,22,23,24). The predicted octanol–water partition coefficient (Wildman–Crippen LogP) is 2.48. The van der Waals surface area contributed by atoms with E-state index in [0.29, 0.717) is 0 Å². The van der Waals surface area contributed by atoms with Crippen molar-refractivity contribution >= 4 is 21.9 Å². The summed E-state index contributed by atoms with van der Waals surface area (Å²) in [5.74, 6) is -13.9. The van der Waals surface area contributed by atoms with E-state index in [2.05, 4.69) is 16.1 Å². The van der Waals surface area contributed by atoms with Gasteiger partial charge in [-0.3, -0.25) is 9.35 Å². The summed E-state index contributed by atoms with van der Waals surface area (Å²) in [7, 11) is -6.63. The smallest absolute Gasteiger partial charge is 0.413 e. The Morgan fingerprint density at radius 2 is 1.48 bits per heavy atom. The van der Waals surface area contributed by atoms with E-state index in [1.165, 1.54) is 0 Å². The molecule has 0 aromatic heterocycles. The molecule has 0 aromatic rings. The molecule has 0 aromatic carbocycles. The fourth-order valence-electron chi connectivity index (χ4n) is 1.42. The Balaban J connectivity index is 5.71. The maximum atomic E-state index is 13.3. The highest BCUT2D eigenvalue weighted by atomic mass is 32.2. The fraction of sp³-hybridized carbons (Fsp3) is 0.667. The van der Waals surface area contributed by atoms with Crippen LogP contribution < -0.4 is 0 Å². The molecule has 0 aliphatic carbocycles. The van der Waals surface area contributed by atoms with Crippen molar-refractivity contribution in [2.75, 3.05) is 6.61 Å². The molecule has 0 bridgehead atoms. The molecule has 1 unspecified atom stereocenters. The number of halogens is 7. The van der Waals surface area contributed by atoms with Crippen LogP contribution in [0.4, 0.5) is 30.7 Å². The first-order valence-electron chi connectivity index (χ1n) is 6.56. The Labute approximate surface area is 147 Å². The van der Waals surface area contributed by atoms with E-state index in [-0.39, 0.29) is 6.92 Å². The molecule has 27 heavy (non-hydrogen) atoms. The molecule has 0 amide bonds. The molecule has 0 aliphatic rings. The highest BCUT2D eigenvalue weighted by molar-refractivity contribution is 7.87. The van der Waals surface area contributed by atoms with Gasteiger partial charge in [0, 0.05) is 18.9 Å². The van der Waals surface area contributed by atoms with E-state index < -0.39 is 63.6 Å². The minimum atomic E-state index is -6.63. The van der Waals surface area contributed by atoms with Gasteiger partial charge in [-0.25, -0.2) is 4.79 Å². The lowest BCUT2D eigenvalue weighted by atomic mass is 10.1. The van der Waals surface area contributed by atoms with E-state index in [1.54, 1.807) is 0 Å². The number of Topliss-reactive ketones (excluding diaryl/α,β-unsaturated/α-hetero) is 1. The zero-order chi connectivity index (χ0) is 22.1. The minimum Gasteiger partial charge on any atom is -0.413 e. The van der Waals surface area contributed by atoms with Gasteiger partial charge in [-0.2, -0.15) is 39.2 Å². The van der Waals surface area contributed by atoms with E-state index in [0.717, 1.165) is 6.92 Å². The fourth-order valence-corrected chi connectivity index (χ4v) is 1.90. The molecule has 1 atom stereocenters. The minimum absolute atomic E-state index is 0.212. The summed E-state index contributed by atoms with van der Waals surface area (Å²) < 4.78 is 129.